The van der Waals surface area contributed by atoms with Crippen LogP contribution in [-0.4, -0.2) is 65.3 Å². The summed E-state index contributed by atoms with van der Waals surface area (Å²) in [4.78, 5) is -0.515. The van der Waals surface area contributed by atoms with Crippen molar-refractivity contribution in [2.75, 3.05) is 0 Å². The van der Waals surface area contributed by atoms with E-state index in [1.54, 1.807) is 6.07 Å². The summed E-state index contributed by atoms with van der Waals surface area (Å²) in [5.74, 6) is 3.07. The molecule has 0 aliphatic carbocycles. The maximum absolute atomic E-state index is 11.8. The third-order valence-corrected chi connectivity index (χ3v) is 7.32. The van der Waals surface area contributed by atoms with E-state index in [4.69, 9.17) is 4.74 Å². The molecule has 0 bridgehead atoms. The van der Waals surface area contributed by atoms with Gasteiger partial charge in [-0.05, 0) is 48.7 Å². The van der Waals surface area contributed by atoms with Crippen molar-refractivity contribution < 1.29 is 26.5 Å². The van der Waals surface area contributed by atoms with Gasteiger partial charge in [-0.2, -0.15) is 0 Å². The van der Waals surface area contributed by atoms with E-state index in [1.165, 1.54) is 81.3 Å². The van der Waals surface area contributed by atoms with E-state index in [1.807, 2.05) is 0 Å². The smallest absolute Gasteiger partial charge is 0.774 e. The predicted molar refractivity (Wildman–Crippen MR) is 137 cm³/mol. The zero-order valence-electron chi connectivity index (χ0n) is 20.0. The van der Waals surface area contributed by atoms with Gasteiger partial charge >= 0.3 is 37.7 Å². The van der Waals surface area contributed by atoms with Crippen LogP contribution in [-0.2, 0) is 26.3 Å². The van der Waals surface area contributed by atoms with Crippen molar-refractivity contribution in [1.82, 2.24) is 0 Å². The van der Waals surface area contributed by atoms with Gasteiger partial charge in [0.05, 0.1) is 4.90 Å². The van der Waals surface area contributed by atoms with Crippen LogP contribution in [0.5, 0.6) is 11.5 Å². The Morgan fingerprint density at radius 2 is 1.41 bits per heavy atom. The Morgan fingerprint density at radius 1 is 0.824 bits per heavy atom. The van der Waals surface area contributed by atoms with Gasteiger partial charge in [0.2, 0.25) is 0 Å². The Bertz CT molecular complexity index is 1100. The number of aryl methyl sites for hydroxylation is 1. The van der Waals surface area contributed by atoms with Crippen molar-refractivity contribution in [1.29, 1.82) is 0 Å². The molecule has 6 nitrogen and oxygen atoms in total. The number of unbranched alkanes of at least 4 members (excludes halogenated alkanes) is 9. The van der Waals surface area contributed by atoms with Crippen molar-refractivity contribution in [3.63, 3.8) is 0 Å². The molecule has 0 radical (unpaired) electrons. The van der Waals surface area contributed by atoms with Crippen molar-refractivity contribution in [2.24, 2.45) is 0 Å². The molecule has 0 aromatic heterocycles. The largest absolute Gasteiger partial charge is 2.00 e. The third-order valence-electron chi connectivity index (χ3n) is 5.49. The summed E-state index contributed by atoms with van der Waals surface area (Å²) in [5.41, 5.74) is 0.755. The summed E-state index contributed by atoms with van der Waals surface area (Å²) in [7, 11) is -8.47. The van der Waals surface area contributed by atoms with Crippen LogP contribution in [0.4, 0.5) is 0 Å². The van der Waals surface area contributed by atoms with Gasteiger partial charge in [-0.25, -0.2) is 8.42 Å². The number of hydrogen-bond donors (Lipinski definition) is 0. The van der Waals surface area contributed by atoms with E-state index in [9.17, 15) is 21.7 Å². The molecule has 184 valence electrons. The van der Waals surface area contributed by atoms with Crippen LogP contribution in [0.25, 0.3) is 0 Å². The summed E-state index contributed by atoms with van der Waals surface area (Å²) in [6, 6.07) is 10.1. The number of rotatable bonds is 15. The molecule has 0 aliphatic rings. The molecular weight excluding hydrogens is 500 g/mol. The van der Waals surface area contributed by atoms with Gasteiger partial charge in [0, 0.05) is 4.90 Å². The summed E-state index contributed by atoms with van der Waals surface area (Å²) < 4.78 is 64.3. The number of hydrogen-bond acceptors (Lipinski definition) is 6. The summed E-state index contributed by atoms with van der Waals surface area (Å²) >= 11 is 0. The molecule has 0 N–H and O–H groups in total. The average Bonchev–Trinajstić information content (AvgIpc) is 2.75. The van der Waals surface area contributed by atoms with E-state index >= 15 is 0 Å². The molecule has 0 fully saturated rings. The maximum Gasteiger partial charge on any atom is 2.00 e. The zero-order chi connectivity index (χ0) is 24.3. The Balaban J connectivity index is 0.00000578. The van der Waals surface area contributed by atoms with Gasteiger partial charge < -0.3 is 13.8 Å². The fraction of sp³-hybridized carbons (Fsp3) is 0.480. The normalized spacial score (nSPS) is 13.1. The van der Waals surface area contributed by atoms with Crippen LogP contribution in [0.3, 0.4) is 0 Å². The number of ether oxygens (including phenoxy) is 1. The Morgan fingerprint density at radius 3 is 1.97 bits per heavy atom. The van der Waals surface area contributed by atoms with Crippen LogP contribution in [0, 0.1) is 0 Å². The average molecular weight is 535 g/mol. The number of benzene rings is 2. The fourth-order valence-electron chi connectivity index (χ4n) is 3.66. The molecule has 1 atom stereocenters. The minimum atomic E-state index is -4.77. The minimum absolute atomic E-state index is 0. The fourth-order valence-corrected chi connectivity index (χ4v) is 4.90. The van der Waals surface area contributed by atoms with Crippen molar-refractivity contribution in [3.05, 3.63) is 48.0 Å². The van der Waals surface area contributed by atoms with Crippen LogP contribution < -0.4 is 4.74 Å². The van der Waals surface area contributed by atoms with E-state index in [-0.39, 0.29) is 54.1 Å². The van der Waals surface area contributed by atoms with Gasteiger partial charge in [-0.3, -0.25) is 4.21 Å². The second kappa shape index (κ2) is 15.5. The van der Waals surface area contributed by atoms with Gasteiger partial charge in [0.1, 0.15) is 21.6 Å². The summed E-state index contributed by atoms with van der Waals surface area (Å²) in [6.07, 6.45) is 12.7. The summed E-state index contributed by atoms with van der Waals surface area (Å²) in [6.45, 7) is 2.22. The van der Waals surface area contributed by atoms with E-state index in [2.05, 4.69) is 12.8 Å². The molecule has 0 aliphatic heterocycles. The molecule has 2 rings (SSSR count). The molecule has 0 saturated heterocycles. The van der Waals surface area contributed by atoms with Gasteiger partial charge in [0.25, 0.3) is 0 Å². The standard InChI is InChI=1S/C25H36O6S2.Ca/c1-3-4-5-6-7-8-9-10-11-12-14-21-17-18-24(25(19-21)33(28,29)30)31-22-15-13-16-23(20-22)32(2,26)27;/h13,15-20H,2-12,14H2,1H3,(H,26,27)(H,28,29,30);/q;+2/p-2. The molecule has 34 heavy (non-hydrogen) atoms. The van der Waals surface area contributed by atoms with Crippen LogP contribution in [0.1, 0.15) is 76.7 Å². The molecule has 2 aromatic carbocycles. The Labute approximate surface area is 235 Å². The Hall–Kier alpha value is -0.610. The van der Waals surface area contributed by atoms with Crippen LogP contribution in [0.2, 0.25) is 0 Å². The minimum Gasteiger partial charge on any atom is -0.774 e. The monoisotopic (exact) mass is 534 g/mol. The van der Waals surface area contributed by atoms with E-state index < -0.39 is 24.8 Å². The van der Waals surface area contributed by atoms with Crippen molar-refractivity contribution >= 4 is 63.5 Å². The molecular formula is C25H34CaO6S2. The molecule has 0 heterocycles. The molecule has 1 unspecified atom stereocenters. The molecule has 9 heteroatoms. The Kier molecular flexibility index (Phi) is 14.3. The molecule has 0 spiro atoms. The second-order valence-corrected chi connectivity index (χ2v) is 11.4. The molecule has 2 aromatic rings. The first kappa shape index (κ1) is 31.4. The van der Waals surface area contributed by atoms with Crippen molar-refractivity contribution in [3.8, 4) is 11.5 Å². The molecule has 0 saturated carbocycles. The van der Waals surface area contributed by atoms with Gasteiger partial charge in [-0.15, -0.1) is 0 Å². The maximum atomic E-state index is 11.8. The third kappa shape index (κ3) is 11.4. The van der Waals surface area contributed by atoms with E-state index in [0.717, 1.165) is 24.8 Å². The van der Waals surface area contributed by atoms with Crippen LogP contribution in [0.15, 0.2) is 52.3 Å². The zero-order valence-corrected chi connectivity index (χ0v) is 23.8. The van der Waals surface area contributed by atoms with Crippen molar-refractivity contribution in [2.45, 2.75) is 87.3 Å². The predicted octanol–water partition coefficient (Wildman–Crippen LogP) is 5.67. The van der Waals surface area contributed by atoms with E-state index in [0.29, 0.717) is 6.42 Å². The first-order valence-electron chi connectivity index (χ1n) is 11.6. The van der Waals surface area contributed by atoms with Gasteiger partial charge in [0.15, 0.2) is 0 Å². The quantitative estimate of drug-likeness (QED) is 0.126. The summed E-state index contributed by atoms with van der Waals surface area (Å²) in [5, 5.41) is 0. The second-order valence-electron chi connectivity index (χ2n) is 8.36. The topological polar surface area (TPSA) is 107 Å². The SMILES string of the molecule is C=S(=O)([O-])c1cccc(Oc2ccc(CCCCCCCCCCCC)cc2S(=O)(=O)[O-])c1.[Ca+2]. The molecule has 0 amide bonds. The van der Waals surface area contributed by atoms with Crippen LogP contribution >= 0.6 is 0 Å². The van der Waals surface area contributed by atoms with Gasteiger partial charge in [-0.1, -0.05) is 92.5 Å². The first-order valence-corrected chi connectivity index (χ1v) is 14.6. The first-order chi connectivity index (χ1) is 15.6.